The first-order chi connectivity index (χ1) is 6.25. The van der Waals surface area contributed by atoms with Crippen LogP contribution in [0.2, 0.25) is 0 Å². The van der Waals surface area contributed by atoms with E-state index in [1.807, 2.05) is 17.5 Å². The number of H-pyrrole nitrogens is 1. The number of hydrogen-bond donors (Lipinski definition) is 2. The topological polar surface area (TPSA) is 58.9 Å². The van der Waals surface area contributed by atoms with Crippen LogP contribution in [0.25, 0.3) is 10.6 Å². The van der Waals surface area contributed by atoms with Crippen LogP contribution in [0, 0.1) is 0 Å². The van der Waals surface area contributed by atoms with Crippen molar-refractivity contribution >= 4 is 17.0 Å². The van der Waals surface area contributed by atoms with Gasteiger partial charge in [0.2, 0.25) is 5.56 Å². The van der Waals surface area contributed by atoms with Crippen molar-refractivity contribution in [3.8, 4) is 10.6 Å². The zero-order chi connectivity index (χ0) is 9.26. The maximum Gasteiger partial charge on any atom is 0.250 e. The normalized spacial score (nSPS) is 10.2. The number of hydrogen-bond acceptors (Lipinski definition) is 3. The van der Waals surface area contributed by atoms with Gasteiger partial charge in [-0.05, 0) is 17.5 Å². The zero-order valence-corrected chi connectivity index (χ0v) is 7.60. The van der Waals surface area contributed by atoms with Gasteiger partial charge < -0.3 is 10.7 Å². The van der Waals surface area contributed by atoms with E-state index >= 15 is 0 Å². The third kappa shape index (κ3) is 1.62. The molecule has 66 valence electrons. The van der Waals surface area contributed by atoms with E-state index in [9.17, 15) is 4.79 Å². The largest absolute Gasteiger partial charge is 0.399 e. The lowest BCUT2D eigenvalue weighted by molar-refractivity contribution is 1.25. The summed E-state index contributed by atoms with van der Waals surface area (Å²) in [6.07, 6.45) is 0. The average molecular weight is 192 g/mol. The molecule has 0 atom stereocenters. The van der Waals surface area contributed by atoms with E-state index in [4.69, 9.17) is 5.73 Å². The van der Waals surface area contributed by atoms with Crippen molar-refractivity contribution in [3.05, 3.63) is 40.0 Å². The Balaban J connectivity index is 2.59. The number of rotatable bonds is 1. The molecule has 2 aromatic heterocycles. The number of aromatic amines is 1. The Morgan fingerprint density at radius 1 is 1.38 bits per heavy atom. The van der Waals surface area contributed by atoms with Crippen molar-refractivity contribution in [1.29, 1.82) is 0 Å². The predicted molar refractivity (Wildman–Crippen MR) is 54.8 cm³/mol. The summed E-state index contributed by atoms with van der Waals surface area (Å²) in [5.41, 5.74) is 6.66. The Hall–Kier alpha value is -1.55. The summed E-state index contributed by atoms with van der Waals surface area (Å²) in [5.74, 6) is 0. The lowest BCUT2D eigenvalue weighted by Gasteiger charge is -1.97. The maximum absolute atomic E-state index is 11.1. The van der Waals surface area contributed by atoms with E-state index in [-0.39, 0.29) is 5.56 Å². The maximum atomic E-state index is 11.1. The molecule has 0 aliphatic carbocycles. The lowest BCUT2D eigenvalue weighted by Crippen LogP contribution is -2.06. The van der Waals surface area contributed by atoms with Gasteiger partial charge in [-0.1, -0.05) is 6.07 Å². The van der Waals surface area contributed by atoms with Crippen LogP contribution in [0.15, 0.2) is 34.4 Å². The number of pyridine rings is 1. The van der Waals surface area contributed by atoms with Gasteiger partial charge in [0.25, 0.3) is 0 Å². The zero-order valence-electron chi connectivity index (χ0n) is 6.78. The van der Waals surface area contributed by atoms with Crippen LogP contribution in [0.4, 0.5) is 5.69 Å². The Morgan fingerprint density at radius 3 is 2.85 bits per heavy atom. The van der Waals surface area contributed by atoms with Crippen molar-refractivity contribution < 1.29 is 0 Å². The molecular formula is C9H8N2OS. The molecule has 4 heteroatoms. The van der Waals surface area contributed by atoms with E-state index in [0.717, 1.165) is 10.6 Å². The minimum atomic E-state index is -0.164. The number of anilines is 1. The van der Waals surface area contributed by atoms with E-state index < -0.39 is 0 Å². The van der Waals surface area contributed by atoms with Crippen molar-refractivity contribution in [1.82, 2.24) is 4.98 Å². The number of nitrogens with one attached hydrogen (secondary N) is 1. The molecule has 13 heavy (non-hydrogen) atoms. The molecule has 2 rings (SSSR count). The van der Waals surface area contributed by atoms with Crippen molar-refractivity contribution in [2.45, 2.75) is 0 Å². The summed E-state index contributed by atoms with van der Waals surface area (Å²) < 4.78 is 0. The minimum absolute atomic E-state index is 0.164. The molecule has 0 aromatic carbocycles. The molecule has 0 bridgehead atoms. The molecule has 2 aromatic rings. The molecule has 0 saturated carbocycles. The van der Waals surface area contributed by atoms with Crippen molar-refractivity contribution in [2.24, 2.45) is 0 Å². The lowest BCUT2D eigenvalue weighted by atomic mass is 10.3. The molecule has 3 N–H and O–H groups in total. The molecule has 0 fully saturated rings. The van der Waals surface area contributed by atoms with Gasteiger partial charge in [0.15, 0.2) is 0 Å². The quantitative estimate of drug-likeness (QED) is 0.722. The third-order valence-electron chi connectivity index (χ3n) is 1.65. The fourth-order valence-corrected chi connectivity index (χ4v) is 1.83. The molecule has 0 spiro atoms. The third-order valence-corrected chi connectivity index (χ3v) is 2.56. The van der Waals surface area contributed by atoms with Gasteiger partial charge in [0.1, 0.15) is 0 Å². The summed E-state index contributed by atoms with van der Waals surface area (Å²) in [6, 6.07) is 7.00. The second-order valence-electron chi connectivity index (χ2n) is 2.67. The molecule has 3 nitrogen and oxygen atoms in total. The van der Waals surface area contributed by atoms with Gasteiger partial charge in [-0.15, -0.1) is 11.3 Å². The number of aromatic nitrogens is 1. The van der Waals surface area contributed by atoms with Gasteiger partial charge in [-0.25, -0.2) is 0 Å². The van der Waals surface area contributed by atoms with Gasteiger partial charge in [0.05, 0.1) is 10.6 Å². The van der Waals surface area contributed by atoms with Crippen LogP contribution in [0.1, 0.15) is 0 Å². The van der Waals surface area contributed by atoms with Crippen LogP contribution in [0.5, 0.6) is 0 Å². The molecular weight excluding hydrogens is 184 g/mol. The molecule has 0 radical (unpaired) electrons. The SMILES string of the molecule is Nc1cc(-c2cccs2)[nH]c(=O)c1. The Morgan fingerprint density at radius 2 is 2.23 bits per heavy atom. The second-order valence-corrected chi connectivity index (χ2v) is 3.62. The van der Waals surface area contributed by atoms with Crippen molar-refractivity contribution in [3.63, 3.8) is 0 Å². The molecule has 2 heterocycles. The number of thiophene rings is 1. The fraction of sp³-hybridized carbons (Fsp3) is 0. The summed E-state index contributed by atoms with van der Waals surface area (Å²) in [5, 5.41) is 1.96. The molecule has 0 amide bonds. The van der Waals surface area contributed by atoms with E-state index in [1.165, 1.54) is 6.07 Å². The predicted octanol–water partition coefficient (Wildman–Crippen LogP) is 1.69. The first-order valence-corrected chi connectivity index (χ1v) is 4.67. The summed E-state index contributed by atoms with van der Waals surface area (Å²) >= 11 is 1.57. The number of nitrogen functional groups attached to an aromatic ring is 1. The second kappa shape index (κ2) is 3.06. The Bertz CT molecular complexity index is 459. The van der Waals surface area contributed by atoms with Crippen LogP contribution >= 0.6 is 11.3 Å². The van der Waals surface area contributed by atoms with E-state index in [1.54, 1.807) is 17.4 Å². The first-order valence-electron chi connectivity index (χ1n) is 3.79. The van der Waals surface area contributed by atoms with Gasteiger partial charge in [-0.2, -0.15) is 0 Å². The highest BCUT2D eigenvalue weighted by molar-refractivity contribution is 7.13. The fourth-order valence-electron chi connectivity index (χ4n) is 1.13. The Kier molecular flexibility index (Phi) is 1.90. The summed E-state index contributed by atoms with van der Waals surface area (Å²) in [7, 11) is 0. The highest BCUT2D eigenvalue weighted by Crippen LogP contribution is 2.22. The van der Waals surface area contributed by atoms with Crippen molar-refractivity contribution in [2.75, 3.05) is 5.73 Å². The van der Waals surface area contributed by atoms with Gasteiger partial charge >= 0.3 is 0 Å². The van der Waals surface area contributed by atoms with E-state index in [2.05, 4.69) is 4.98 Å². The standard InChI is InChI=1S/C9H8N2OS/c10-6-4-7(11-9(12)5-6)8-2-1-3-13-8/h1-5H,(H3,10,11,12). The Labute approximate surface area is 78.8 Å². The minimum Gasteiger partial charge on any atom is -0.399 e. The highest BCUT2D eigenvalue weighted by Gasteiger charge is 2.00. The van der Waals surface area contributed by atoms with Gasteiger partial charge in [0, 0.05) is 11.8 Å². The van der Waals surface area contributed by atoms with Gasteiger partial charge in [-0.3, -0.25) is 4.79 Å². The first kappa shape index (κ1) is 8.07. The summed E-state index contributed by atoms with van der Waals surface area (Å²) in [4.78, 5) is 14.8. The molecule has 0 aliphatic heterocycles. The average Bonchev–Trinajstić information content (AvgIpc) is 2.53. The van der Waals surface area contributed by atoms with Crippen LogP contribution in [0.3, 0.4) is 0 Å². The summed E-state index contributed by atoms with van der Waals surface area (Å²) in [6.45, 7) is 0. The van der Waals surface area contributed by atoms with Crippen LogP contribution in [-0.2, 0) is 0 Å². The van der Waals surface area contributed by atoms with E-state index in [0.29, 0.717) is 5.69 Å². The monoisotopic (exact) mass is 192 g/mol. The number of nitrogens with two attached hydrogens (primary N) is 1. The van der Waals surface area contributed by atoms with Crippen LogP contribution < -0.4 is 11.3 Å². The van der Waals surface area contributed by atoms with Crippen LogP contribution in [-0.4, -0.2) is 4.98 Å². The molecule has 0 aliphatic rings. The molecule has 0 unspecified atom stereocenters. The smallest absolute Gasteiger partial charge is 0.250 e. The highest BCUT2D eigenvalue weighted by atomic mass is 32.1. The molecule has 0 saturated heterocycles.